The molecule has 1 rings (SSSR count). The number of pyridine rings is 1. The standard InChI is InChI=1S/C8H4ClF5IN/c9-1-3-2-16-7(15)5(8(12,13)14)4(3)6(10)11/h2,6H,1H2. The van der Waals surface area contributed by atoms with Gasteiger partial charge in [0.2, 0.25) is 0 Å². The number of hydrogen-bond acceptors (Lipinski definition) is 1. The van der Waals surface area contributed by atoms with Crippen molar-refractivity contribution in [2.24, 2.45) is 0 Å². The third-order valence-corrected chi connectivity index (χ3v) is 2.91. The van der Waals surface area contributed by atoms with Crippen LogP contribution in [0.15, 0.2) is 6.20 Å². The SMILES string of the molecule is FC(F)c1c(CCl)cnc(I)c1C(F)(F)F. The Morgan fingerprint density at radius 3 is 2.31 bits per heavy atom. The molecule has 0 saturated heterocycles. The first-order valence-corrected chi connectivity index (χ1v) is 5.49. The Kier molecular flexibility index (Phi) is 4.33. The Morgan fingerprint density at radius 1 is 1.38 bits per heavy atom. The fourth-order valence-corrected chi connectivity index (χ4v) is 2.11. The first-order chi connectivity index (χ1) is 7.29. The molecular formula is C8H4ClF5IN. The Bertz CT molecular complexity index is 393. The molecule has 1 nitrogen and oxygen atoms in total. The Labute approximate surface area is 106 Å². The van der Waals surface area contributed by atoms with Crippen LogP contribution in [0.3, 0.4) is 0 Å². The molecule has 0 atom stereocenters. The van der Waals surface area contributed by atoms with Gasteiger partial charge < -0.3 is 0 Å². The maximum absolute atomic E-state index is 12.6. The number of aromatic nitrogens is 1. The second-order valence-corrected chi connectivity index (χ2v) is 4.08. The van der Waals surface area contributed by atoms with Crippen LogP contribution in [0.2, 0.25) is 0 Å². The summed E-state index contributed by atoms with van der Waals surface area (Å²) in [6.45, 7) is 0. The van der Waals surface area contributed by atoms with Gasteiger partial charge in [-0.3, -0.25) is 0 Å². The van der Waals surface area contributed by atoms with Gasteiger partial charge in [0.25, 0.3) is 6.43 Å². The summed E-state index contributed by atoms with van der Waals surface area (Å²) in [7, 11) is 0. The van der Waals surface area contributed by atoms with E-state index in [2.05, 4.69) is 4.98 Å². The summed E-state index contributed by atoms with van der Waals surface area (Å²) < 4.78 is 62.4. The zero-order chi connectivity index (χ0) is 12.5. The van der Waals surface area contributed by atoms with Crippen molar-refractivity contribution in [1.82, 2.24) is 4.98 Å². The summed E-state index contributed by atoms with van der Waals surface area (Å²) in [6.07, 6.45) is -7.16. The molecule has 1 aromatic heterocycles. The van der Waals surface area contributed by atoms with Crippen molar-refractivity contribution in [1.29, 1.82) is 0 Å². The molecule has 0 fully saturated rings. The van der Waals surface area contributed by atoms with Crippen LogP contribution in [0.25, 0.3) is 0 Å². The van der Waals surface area contributed by atoms with E-state index in [1.54, 1.807) is 0 Å². The predicted molar refractivity (Wildman–Crippen MR) is 56.5 cm³/mol. The van der Waals surface area contributed by atoms with Gasteiger partial charge in [0.1, 0.15) is 3.70 Å². The van der Waals surface area contributed by atoms with Crippen molar-refractivity contribution in [3.8, 4) is 0 Å². The van der Waals surface area contributed by atoms with E-state index in [9.17, 15) is 22.0 Å². The van der Waals surface area contributed by atoms with Gasteiger partial charge in [-0.2, -0.15) is 13.2 Å². The van der Waals surface area contributed by atoms with Gasteiger partial charge in [0.05, 0.1) is 5.56 Å². The van der Waals surface area contributed by atoms with Crippen LogP contribution in [0.5, 0.6) is 0 Å². The van der Waals surface area contributed by atoms with E-state index in [0.29, 0.717) is 0 Å². The molecule has 1 aromatic rings. The Morgan fingerprint density at radius 2 is 1.94 bits per heavy atom. The van der Waals surface area contributed by atoms with Crippen LogP contribution in [0.4, 0.5) is 22.0 Å². The minimum absolute atomic E-state index is 0.301. The second kappa shape index (κ2) is 4.99. The lowest BCUT2D eigenvalue weighted by atomic mass is 10.1. The van der Waals surface area contributed by atoms with Gasteiger partial charge in [-0.25, -0.2) is 13.8 Å². The summed E-state index contributed by atoms with van der Waals surface area (Å²) in [5.41, 5.74) is -2.78. The molecule has 0 radical (unpaired) electrons. The molecule has 0 saturated carbocycles. The highest BCUT2D eigenvalue weighted by molar-refractivity contribution is 14.1. The van der Waals surface area contributed by atoms with Gasteiger partial charge in [-0.1, -0.05) is 0 Å². The maximum Gasteiger partial charge on any atom is 0.419 e. The summed E-state index contributed by atoms with van der Waals surface area (Å²) >= 11 is 6.58. The van der Waals surface area contributed by atoms with Crippen molar-refractivity contribution in [3.63, 3.8) is 0 Å². The highest BCUT2D eigenvalue weighted by atomic mass is 127. The number of halogens is 7. The summed E-state index contributed by atoms with van der Waals surface area (Å²) in [6, 6.07) is 0. The van der Waals surface area contributed by atoms with Crippen molar-refractivity contribution in [3.05, 3.63) is 26.6 Å². The maximum atomic E-state index is 12.6. The minimum atomic E-state index is -4.86. The zero-order valence-electron chi connectivity index (χ0n) is 7.45. The summed E-state index contributed by atoms with van der Waals surface area (Å²) in [4.78, 5) is 3.41. The van der Waals surface area contributed by atoms with Gasteiger partial charge in [-0.15, -0.1) is 11.6 Å². The largest absolute Gasteiger partial charge is 0.419 e. The van der Waals surface area contributed by atoms with Crippen molar-refractivity contribution in [2.75, 3.05) is 0 Å². The number of alkyl halides is 6. The highest BCUT2D eigenvalue weighted by Gasteiger charge is 2.39. The molecule has 8 heteroatoms. The summed E-state index contributed by atoms with van der Waals surface area (Å²) in [5.74, 6) is -0.438. The minimum Gasteiger partial charge on any atom is -0.249 e. The van der Waals surface area contributed by atoms with Crippen LogP contribution in [0, 0.1) is 3.70 Å². The Balaban J connectivity index is 3.55. The quantitative estimate of drug-likeness (QED) is 0.325. The van der Waals surface area contributed by atoms with Crippen LogP contribution in [-0.4, -0.2) is 4.98 Å². The van der Waals surface area contributed by atoms with Gasteiger partial charge in [0.15, 0.2) is 0 Å². The zero-order valence-corrected chi connectivity index (χ0v) is 10.4. The van der Waals surface area contributed by atoms with Gasteiger partial charge in [-0.05, 0) is 28.2 Å². The normalized spacial score (nSPS) is 12.2. The average Bonchev–Trinajstić information content (AvgIpc) is 2.15. The molecule has 0 bridgehead atoms. The van der Waals surface area contributed by atoms with E-state index in [0.717, 1.165) is 6.20 Å². The fourth-order valence-electron chi connectivity index (χ4n) is 1.17. The van der Waals surface area contributed by atoms with E-state index >= 15 is 0 Å². The lowest BCUT2D eigenvalue weighted by Gasteiger charge is -2.16. The number of hydrogen-bond donors (Lipinski definition) is 0. The molecule has 0 aliphatic heterocycles. The molecule has 16 heavy (non-hydrogen) atoms. The first-order valence-electron chi connectivity index (χ1n) is 3.87. The number of nitrogens with zero attached hydrogens (tertiary/aromatic N) is 1. The van der Waals surface area contributed by atoms with E-state index in [1.807, 2.05) is 0 Å². The molecule has 0 aliphatic carbocycles. The van der Waals surface area contributed by atoms with Crippen molar-refractivity contribution < 1.29 is 22.0 Å². The Hall–Kier alpha value is -0.180. The third kappa shape index (κ3) is 2.73. The van der Waals surface area contributed by atoms with Crippen LogP contribution in [0.1, 0.15) is 23.1 Å². The van der Waals surface area contributed by atoms with Crippen LogP contribution >= 0.6 is 34.2 Å². The van der Waals surface area contributed by atoms with E-state index in [-0.39, 0.29) is 5.56 Å². The van der Waals surface area contributed by atoms with Crippen LogP contribution < -0.4 is 0 Å². The topological polar surface area (TPSA) is 12.9 Å². The fraction of sp³-hybridized carbons (Fsp3) is 0.375. The number of rotatable bonds is 2. The molecule has 0 unspecified atom stereocenters. The smallest absolute Gasteiger partial charge is 0.249 e. The predicted octanol–water partition coefficient (Wildman–Crippen LogP) is 4.38. The molecular weight excluding hydrogens is 367 g/mol. The summed E-state index contributed by atoms with van der Waals surface area (Å²) in [5, 5.41) is 0. The highest BCUT2D eigenvalue weighted by Crippen LogP contribution is 2.40. The lowest BCUT2D eigenvalue weighted by Crippen LogP contribution is -2.15. The first kappa shape index (κ1) is 13.9. The second-order valence-electron chi connectivity index (χ2n) is 2.80. The molecule has 0 N–H and O–H groups in total. The molecule has 0 aliphatic rings. The molecule has 0 aromatic carbocycles. The average molecular weight is 371 g/mol. The van der Waals surface area contributed by atoms with Gasteiger partial charge in [0, 0.05) is 17.6 Å². The monoisotopic (exact) mass is 371 g/mol. The van der Waals surface area contributed by atoms with E-state index < -0.39 is 33.3 Å². The third-order valence-electron chi connectivity index (χ3n) is 1.80. The lowest BCUT2D eigenvalue weighted by molar-refractivity contribution is -0.140. The van der Waals surface area contributed by atoms with Gasteiger partial charge >= 0.3 is 6.18 Å². The van der Waals surface area contributed by atoms with Crippen molar-refractivity contribution in [2.45, 2.75) is 18.5 Å². The van der Waals surface area contributed by atoms with E-state index in [1.165, 1.54) is 22.6 Å². The van der Waals surface area contributed by atoms with Crippen molar-refractivity contribution >= 4 is 34.2 Å². The molecule has 1 heterocycles. The molecule has 0 amide bonds. The van der Waals surface area contributed by atoms with E-state index in [4.69, 9.17) is 11.6 Å². The molecule has 0 spiro atoms. The molecule has 90 valence electrons. The van der Waals surface area contributed by atoms with Crippen LogP contribution in [-0.2, 0) is 12.1 Å².